The highest BCUT2D eigenvalue weighted by Crippen LogP contribution is 2.30. The first-order valence-electron chi connectivity index (χ1n) is 9.65. The number of benzene rings is 1. The number of nitrogens with zero attached hydrogens (tertiary/aromatic N) is 4. The number of thiazole rings is 1. The van der Waals surface area contributed by atoms with Gasteiger partial charge in [-0.05, 0) is 32.4 Å². The molecule has 2 aromatic heterocycles. The second-order valence-electron chi connectivity index (χ2n) is 7.06. The van der Waals surface area contributed by atoms with Crippen LogP contribution in [0.2, 0.25) is 0 Å². The van der Waals surface area contributed by atoms with Crippen LogP contribution in [-0.2, 0) is 16.6 Å². The van der Waals surface area contributed by atoms with E-state index in [1.54, 1.807) is 23.1 Å². The Morgan fingerprint density at radius 3 is 2.63 bits per heavy atom. The number of allylic oxidation sites excluding steroid dienone is 1. The number of ether oxygens (including phenoxy) is 1. The van der Waals surface area contributed by atoms with Gasteiger partial charge in [0.25, 0.3) is 5.56 Å². The van der Waals surface area contributed by atoms with Crippen LogP contribution >= 0.6 is 11.3 Å². The summed E-state index contributed by atoms with van der Waals surface area (Å²) in [6, 6.07) is 8.92. The van der Waals surface area contributed by atoms with E-state index < -0.39 is 12.0 Å². The van der Waals surface area contributed by atoms with Gasteiger partial charge in [0, 0.05) is 18.8 Å². The van der Waals surface area contributed by atoms with Crippen LogP contribution in [0.25, 0.3) is 6.08 Å². The monoisotopic (exact) mass is 422 g/mol. The third-order valence-electron chi connectivity index (χ3n) is 4.97. The minimum Gasteiger partial charge on any atom is -0.463 e. The SMILES string of the molecule is CCOC(=O)C1=C(C)N=c2s/c(=C\c3cn(C)nc3C)c(=O)n2[C@@H]1c1ccccc1. The van der Waals surface area contributed by atoms with Crippen LogP contribution in [0.5, 0.6) is 0 Å². The Kier molecular flexibility index (Phi) is 5.26. The van der Waals surface area contributed by atoms with Crippen LogP contribution in [-0.4, -0.2) is 26.9 Å². The molecule has 8 heteroatoms. The lowest BCUT2D eigenvalue weighted by Gasteiger charge is -2.24. The van der Waals surface area contributed by atoms with E-state index in [0.717, 1.165) is 16.8 Å². The van der Waals surface area contributed by atoms with E-state index in [0.29, 0.717) is 20.6 Å². The Balaban J connectivity index is 1.97. The van der Waals surface area contributed by atoms with Crippen molar-refractivity contribution in [2.24, 2.45) is 12.0 Å². The van der Waals surface area contributed by atoms with Crippen LogP contribution in [0, 0.1) is 6.92 Å². The van der Waals surface area contributed by atoms with E-state index in [1.165, 1.54) is 11.3 Å². The second-order valence-corrected chi connectivity index (χ2v) is 8.07. The summed E-state index contributed by atoms with van der Waals surface area (Å²) in [6.45, 7) is 5.70. The number of hydrogen-bond acceptors (Lipinski definition) is 6. The molecular weight excluding hydrogens is 400 g/mol. The van der Waals surface area contributed by atoms with E-state index in [2.05, 4.69) is 10.1 Å². The maximum absolute atomic E-state index is 13.4. The third-order valence-corrected chi connectivity index (χ3v) is 5.95. The molecule has 3 aromatic rings. The molecule has 1 aromatic carbocycles. The van der Waals surface area contributed by atoms with E-state index >= 15 is 0 Å². The lowest BCUT2D eigenvalue weighted by molar-refractivity contribution is -0.139. The number of aromatic nitrogens is 3. The smallest absolute Gasteiger partial charge is 0.338 e. The van der Waals surface area contributed by atoms with Crippen molar-refractivity contribution in [1.82, 2.24) is 14.3 Å². The molecule has 1 aliphatic rings. The Hall–Kier alpha value is -3.26. The molecule has 0 saturated carbocycles. The summed E-state index contributed by atoms with van der Waals surface area (Å²) in [5, 5.41) is 4.34. The molecule has 0 amide bonds. The summed E-state index contributed by atoms with van der Waals surface area (Å²) < 4.78 is 9.15. The lowest BCUT2D eigenvalue weighted by Crippen LogP contribution is -2.39. The molecule has 4 rings (SSSR count). The van der Waals surface area contributed by atoms with Gasteiger partial charge in [0.1, 0.15) is 0 Å². The molecule has 154 valence electrons. The largest absolute Gasteiger partial charge is 0.463 e. The highest BCUT2D eigenvalue weighted by molar-refractivity contribution is 7.07. The van der Waals surface area contributed by atoms with Crippen molar-refractivity contribution in [1.29, 1.82) is 0 Å². The molecule has 0 aliphatic carbocycles. The predicted molar refractivity (Wildman–Crippen MR) is 115 cm³/mol. The highest BCUT2D eigenvalue weighted by atomic mass is 32.1. The number of carbonyl (C=O) groups excluding carboxylic acids is 1. The molecule has 0 bridgehead atoms. The number of esters is 1. The summed E-state index contributed by atoms with van der Waals surface area (Å²) in [5.41, 5.74) is 3.31. The molecule has 3 heterocycles. The van der Waals surface area contributed by atoms with Crippen molar-refractivity contribution in [3.05, 3.63) is 84.3 Å². The summed E-state index contributed by atoms with van der Waals surface area (Å²) in [7, 11) is 1.84. The Bertz CT molecular complexity index is 1330. The average Bonchev–Trinajstić information content (AvgIpc) is 3.19. The lowest BCUT2D eigenvalue weighted by atomic mass is 9.96. The van der Waals surface area contributed by atoms with Crippen molar-refractivity contribution in [3.63, 3.8) is 0 Å². The van der Waals surface area contributed by atoms with Crippen LogP contribution in [0.15, 0.2) is 57.6 Å². The van der Waals surface area contributed by atoms with Crippen molar-refractivity contribution < 1.29 is 9.53 Å². The Labute approximate surface area is 177 Å². The topological polar surface area (TPSA) is 78.5 Å². The fourth-order valence-corrected chi connectivity index (χ4v) is 4.68. The first-order valence-corrected chi connectivity index (χ1v) is 10.5. The van der Waals surface area contributed by atoms with Gasteiger partial charge < -0.3 is 4.74 Å². The molecule has 1 atom stereocenters. The van der Waals surface area contributed by atoms with E-state index in [9.17, 15) is 9.59 Å². The fourth-order valence-electron chi connectivity index (χ4n) is 3.64. The van der Waals surface area contributed by atoms with Gasteiger partial charge in [-0.25, -0.2) is 9.79 Å². The second kappa shape index (κ2) is 7.87. The number of hydrogen-bond donors (Lipinski definition) is 0. The number of fused-ring (bicyclic) bond motifs is 1. The minimum atomic E-state index is -0.585. The molecule has 7 nitrogen and oxygen atoms in total. The molecular formula is C22H22N4O3S. The zero-order chi connectivity index (χ0) is 21.4. The number of carbonyl (C=O) groups is 1. The quantitative estimate of drug-likeness (QED) is 0.601. The Morgan fingerprint density at radius 2 is 2.00 bits per heavy atom. The first-order chi connectivity index (χ1) is 14.4. The first kappa shape index (κ1) is 20.0. The molecule has 0 fully saturated rings. The molecule has 0 radical (unpaired) electrons. The summed E-state index contributed by atoms with van der Waals surface area (Å²) in [5.74, 6) is -0.454. The maximum Gasteiger partial charge on any atom is 0.338 e. The standard InChI is InChI=1S/C22H22N4O3S/c1-5-29-21(28)18-14(3)23-22-26(19(18)15-9-7-6-8-10-15)20(27)17(30-22)11-16-12-25(4)24-13(16)2/h6-12,19H,5H2,1-4H3/b17-11-/t19-/m1/s1. The third kappa shape index (κ3) is 3.43. The van der Waals surface area contributed by atoms with E-state index in [4.69, 9.17) is 4.74 Å². The minimum absolute atomic E-state index is 0.190. The van der Waals surface area contributed by atoms with Gasteiger partial charge in [-0.3, -0.25) is 14.0 Å². The zero-order valence-electron chi connectivity index (χ0n) is 17.2. The van der Waals surface area contributed by atoms with Gasteiger partial charge >= 0.3 is 5.97 Å². The molecule has 0 saturated heterocycles. The van der Waals surface area contributed by atoms with Crippen molar-refractivity contribution in [2.45, 2.75) is 26.8 Å². The summed E-state index contributed by atoms with van der Waals surface area (Å²) in [4.78, 5) is 31.4. The normalized spacial score (nSPS) is 16.4. The molecule has 1 aliphatic heterocycles. The van der Waals surface area contributed by atoms with Gasteiger partial charge in [-0.15, -0.1) is 0 Å². The molecule has 0 unspecified atom stereocenters. The van der Waals surface area contributed by atoms with Crippen LogP contribution < -0.4 is 14.9 Å². The molecule has 0 N–H and O–H groups in total. The summed E-state index contributed by atoms with van der Waals surface area (Å²) in [6.07, 6.45) is 3.70. The van der Waals surface area contributed by atoms with Crippen molar-refractivity contribution in [3.8, 4) is 0 Å². The molecule has 30 heavy (non-hydrogen) atoms. The average molecular weight is 423 g/mol. The van der Waals surface area contributed by atoms with Crippen LogP contribution in [0.1, 0.15) is 36.7 Å². The summed E-state index contributed by atoms with van der Waals surface area (Å²) >= 11 is 1.31. The van der Waals surface area contributed by atoms with E-state index in [-0.39, 0.29) is 12.2 Å². The fraction of sp³-hybridized carbons (Fsp3) is 0.273. The predicted octanol–water partition coefficient (Wildman–Crippen LogP) is 1.84. The van der Waals surface area contributed by atoms with Gasteiger partial charge in [0.05, 0.1) is 34.1 Å². The van der Waals surface area contributed by atoms with Crippen LogP contribution in [0.3, 0.4) is 0 Å². The van der Waals surface area contributed by atoms with Crippen molar-refractivity contribution in [2.75, 3.05) is 6.61 Å². The van der Waals surface area contributed by atoms with Gasteiger partial charge in [0.2, 0.25) is 0 Å². The zero-order valence-corrected chi connectivity index (χ0v) is 18.1. The molecule has 0 spiro atoms. The Morgan fingerprint density at radius 1 is 1.27 bits per heavy atom. The number of rotatable bonds is 4. The van der Waals surface area contributed by atoms with Gasteiger partial charge in [-0.1, -0.05) is 41.7 Å². The van der Waals surface area contributed by atoms with Gasteiger partial charge in [-0.2, -0.15) is 5.10 Å². The number of aryl methyl sites for hydroxylation is 2. The maximum atomic E-state index is 13.4. The van der Waals surface area contributed by atoms with Gasteiger partial charge in [0.15, 0.2) is 4.80 Å². The van der Waals surface area contributed by atoms with Crippen LogP contribution in [0.4, 0.5) is 0 Å². The van der Waals surface area contributed by atoms with E-state index in [1.807, 2.05) is 56.6 Å². The van der Waals surface area contributed by atoms with Crippen molar-refractivity contribution >= 4 is 23.4 Å². The highest BCUT2D eigenvalue weighted by Gasteiger charge is 2.33.